The van der Waals surface area contributed by atoms with Crippen molar-refractivity contribution in [3.05, 3.63) is 35.4 Å². The molecule has 2 nitrogen and oxygen atoms in total. The molecule has 0 atom stereocenters. The molecular weight excluding hydrogens is 230 g/mol. The minimum Gasteiger partial charge on any atom is -0.380 e. The van der Waals surface area contributed by atoms with Gasteiger partial charge in [-0.2, -0.15) is 11.8 Å². The van der Waals surface area contributed by atoms with Gasteiger partial charge in [0.25, 0.3) is 0 Å². The number of hydrogen-bond acceptors (Lipinski definition) is 3. The molecule has 1 aliphatic rings. The summed E-state index contributed by atoms with van der Waals surface area (Å²) < 4.78 is 5.15. The van der Waals surface area contributed by atoms with Gasteiger partial charge in [0.05, 0.1) is 6.61 Å². The number of methoxy groups -OCH3 is 1. The maximum absolute atomic E-state index is 5.15. The van der Waals surface area contributed by atoms with E-state index in [1.807, 2.05) is 0 Å². The maximum Gasteiger partial charge on any atom is 0.0713 e. The third kappa shape index (κ3) is 4.34. The van der Waals surface area contributed by atoms with E-state index < -0.39 is 0 Å². The van der Waals surface area contributed by atoms with Crippen molar-refractivity contribution in [2.75, 3.05) is 18.6 Å². The Kier molecular flexibility index (Phi) is 5.36. The van der Waals surface area contributed by atoms with Crippen LogP contribution in [0.2, 0.25) is 0 Å². The number of hydrogen-bond donors (Lipinski definition) is 1. The van der Waals surface area contributed by atoms with Crippen molar-refractivity contribution in [1.29, 1.82) is 0 Å². The van der Waals surface area contributed by atoms with Crippen molar-refractivity contribution in [2.24, 2.45) is 0 Å². The summed E-state index contributed by atoms with van der Waals surface area (Å²) in [7, 11) is 1.74. The average Bonchev–Trinajstić information content (AvgIpc) is 2.39. The Morgan fingerprint density at radius 1 is 1.29 bits per heavy atom. The second-order valence-corrected chi connectivity index (χ2v) is 5.75. The summed E-state index contributed by atoms with van der Waals surface area (Å²) in [6.45, 7) is 1.68. The Hall–Kier alpha value is -0.510. The second-order valence-electron chi connectivity index (χ2n) is 4.52. The highest BCUT2D eigenvalue weighted by Crippen LogP contribution is 2.17. The number of benzene rings is 1. The van der Waals surface area contributed by atoms with E-state index in [0.29, 0.717) is 12.6 Å². The minimum absolute atomic E-state index is 0.702. The van der Waals surface area contributed by atoms with Crippen LogP contribution in [-0.4, -0.2) is 24.7 Å². The van der Waals surface area contributed by atoms with Crippen LogP contribution in [0.25, 0.3) is 0 Å². The first-order chi connectivity index (χ1) is 8.38. The normalized spacial score (nSPS) is 17.2. The fraction of sp³-hybridized carbons (Fsp3) is 0.571. The van der Waals surface area contributed by atoms with Gasteiger partial charge in [-0.3, -0.25) is 0 Å². The van der Waals surface area contributed by atoms with Crippen molar-refractivity contribution in [2.45, 2.75) is 32.0 Å². The molecule has 2 rings (SSSR count). The lowest BCUT2D eigenvalue weighted by molar-refractivity contribution is 0.185. The van der Waals surface area contributed by atoms with E-state index in [1.165, 1.54) is 35.5 Å². The number of nitrogens with one attached hydrogen (secondary N) is 1. The van der Waals surface area contributed by atoms with Crippen LogP contribution in [0.4, 0.5) is 0 Å². The standard InChI is InChI=1S/C14H21NOS/c1-16-11-13-4-2-3-12(9-13)10-15-14-5-7-17-8-6-14/h2-4,9,14-15H,5-8,10-11H2,1H3. The van der Waals surface area contributed by atoms with E-state index in [9.17, 15) is 0 Å². The van der Waals surface area contributed by atoms with Gasteiger partial charge in [0, 0.05) is 19.7 Å². The largest absolute Gasteiger partial charge is 0.380 e. The van der Waals surface area contributed by atoms with Gasteiger partial charge in [-0.05, 0) is 35.5 Å². The molecule has 17 heavy (non-hydrogen) atoms. The Balaban J connectivity index is 1.83. The molecule has 0 aromatic heterocycles. The number of ether oxygens (including phenoxy) is 1. The van der Waals surface area contributed by atoms with E-state index >= 15 is 0 Å². The van der Waals surface area contributed by atoms with Crippen LogP contribution in [-0.2, 0) is 17.9 Å². The van der Waals surface area contributed by atoms with Gasteiger partial charge in [-0.1, -0.05) is 24.3 Å². The van der Waals surface area contributed by atoms with E-state index in [1.54, 1.807) is 7.11 Å². The first-order valence-corrected chi connectivity index (χ1v) is 7.42. The van der Waals surface area contributed by atoms with Crippen molar-refractivity contribution in [1.82, 2.24) is 5.32 Å². The van der Waals surface area contributed by atoms with E-state index in [2.05, 4.69) is 41.3 Å². The summed E-state index contributed by atoms with van der Waals surface area (Å²) in [4.78, 5) is 0. The molecule has 1 fully saturated rings. The molecule has 0 unspecified atom stereocenters. The van der Waals surface area contributed by atoms with Gasteiger partial charge in [0.2, 0.25) is 0 Å². The quantitative estimate of drug-likeness (QED) is 0.869. The Morgan fingerprint density at radius 2 is 2.06 bits per heavy atom. The molecule has 0 saturated carbocycles. The molecule has 1 N–H and O–H groups in total. The van der Waals surface area contributed by atoms with Crippen LogP contribution in [0.5, 0.6) is 0 Å². The molecule has 3 heteroatoms. The molecule has 1 aliphatic heterocycles. The Labute approximate surface area is 108 Å². The van der Waals surface area contributed by atoms with Crippen LogP contribution >= 0.6 is 11.8 Å². The lowest BCUT2D eigenvalue weighted by Gasteiger charge is -2.22. The summed E-state index contributed by atoms with van der Waals surface area (Å²) in [5.74, 6) is 2.61. The van der Waals surface area contributed by atoms with E-state index in [-0.39, 0.29) is 0 Å². The highest BCUT2D eigenvalue weighted by molar-refractivity contribution is 7.99. The summed E-state index contributed by atoms with van der Waals surface area (Å²) in [6, 6.07) is 9.35. The van der Waals surface area contributed by atoms with Crippen LogP contribution in [0, 0.1) is 0 Å². The zero-order valence-electron chi connectivity index (χ0n) is 10.4. The van der Waals surface area contributed by atoms with Gasteiger partial charge in [0.15, 0.2) is 0 Å². The summed E-state index contributed by atoms with van der Waals surface area (Å²) in [5, 5.41) is 3.65. The Morgan fingerprint density at radius 3 is 2.82 bits per heavy atom. The molecule has 1 saturated heterocycles. The molecule has 0 radical (unpaired) electrons. The lowest BCUT2D eigenvalue weighted by atomic mass is 10.1. The monoisotopic (exact) mass is 251 g/mol. The first-order valence-electron chi connectivity index (χ1n) is 6.26. The average molecular weight is 251 g/mol. The topological polar surface area (TPSA) is 21.3 Å². The second kappa shape index (κ2) is 7.04. The van der Waals surface area contributed by atoms with Crippen LogP contribution in [0.15, 0.2) is 24.3 Å². The summed E-state index contributed by atoms with van der Waals surface area (Å²) in [5.41, 5.74) is 2.61. The maximum atomic E-state index is 5.15. The zero-order chi connectivity index (χ0) is 11.9. The number of thioether (sulfide) groups is 1. The minimum atomic E-state index is 0.702. The van der Waals surface area contributed by atoms with E-state index in [4.69, 9.17) is 4.74 Å². The van der Waals surface area contributed by atoms with Crippen molar-refractivity contribution in [3.63, 3.8) is 0 Å². The smallest absolute Gasteiger partial charge is 0.0713 e. The molecule has 0 bridgehead atoms. The van der Waals surface area contributed by atoms with Crippen molar-refractivity contribution >= 4 is 11.8 Å². The predicted molar refractivity (Wildman–Crippen MR) is 74.3 cm³/mol. The van der Waals surface area contributed by atoms with Gasteiger partial charge in [-0.25, -0.2) is 0 Å². The molecule has 0 amide bonds. The zero-order valence-corrected chi connectivity index (χ0v) is 11.3. The van der Waals surface area contributed by atoms with Crippen LogP contribution in [0.3, 0.4) is 0 Å². The molecule has 94 valence electrons. The highest BCUT2D eigenvalue weighted by atomic mass is 32.2. The van der Waals surface area contributed by atoms with Crippen molar-refractivity contribution < 1.29 is 4.74 Å². The SMILES string of the molecule is COCc1cccc(CNC2CCSCC2)c1. The fourth-order valence-electron chi connectivity index (χ4n) is 2.16. The third-order valence-corrected chi connectivity index (χ3v) is 4.17. The predicted octanol–water partition coefficient (Wildman–Crippen LogP) is 2.82. The molecular formula is C14H21NOS. The highest BCUT2D eigenvalue weighted by Gasteiger charge is 2.12. The summed E-state index contributed by atoms with van der Waals surface area (Å²) in [6.07, 6.45) is 2.62. The van der Waals surface area contributed by atoms with E-state index in [0.717, 1.165) is 6.54 Å². The molecule has 1 aromatic carbocycles. The molecule has 1 aromatic rings. The Bertz CT molecular complexity index is 337. The van der Waals surface area contributed by atoms with Crippen molar-refractivity contribution in [3.8, 4) is 0 Å². The molecule has 0 spiro atoms. The van der Waals surface area contributed by atoms with Crippen LogP contribution in [0.1, 0.15) is 24.0 Å². The third-order valence-electron chi connectivity index (χ3n) is 3.12. The summed E-state index contributed by atoms with van der Waals surface area (Å²) >= 11 is 2.07. The van der Waals surface area contributed by atoms with Crippen LogP contribution < -0.4 is 5.32 Å². The first kappa shape index (κ1) is 12.9. The number of rotatable bonds is 5. The van der Waals surface area contributed by atoms with Gasteiger partial charge in [0.1, 0.15) is 0 Å². The molecule has 0 aliphatic carbocycles. The van der Waals surface area contributed by atoms with Gasteiger partial charge < -0.3 is 10.1 Å². The lowest BCUT2D eigenvalue weighted by Crippen LogP contribution is -2.32. The fourth-order valence-corrected chi connectivity index (χ4v) is 3.27. The van der Waals surface area contributed by atoms with Gasteiger partial charge >= 0.3 is 0 Å². The van der Waals surface area contributed by atoms with Gasteiger partial charge in [-0.15, -0.1) is 0 Å². The molecule has 1 heterocycles.